The number of anilines is 1. The largest absolute Gasteiger partial charge is 0.339 e. The Bertz CT molecular complexity index is 990. The third-order valence-electron chi connectivity index (χ3n) is 7.73. The topological polar surface area (TPSA) is 64.7 Å². The van der Waals surface area contributed by atoms with Crippen LogP contribution in [0.1, 0.15) is 79.9 Å². The fraction of sp³-hybridized carbons (Fsp3) is 0.533. The van der Waals surface area contributed by atoms with Crippen LogP contribution in [-0.4, -0.2) is 60.9 Å². The van der Waals surface area contributed by atoms with Crippen molar-refractivity contribution < 1.29 is 9.59 Å². The molecule has 2 fully saturated rings. The third-order valence-corrected chi connectivity index (χ3v) is 7.73. The first kappa shape index (κ1) is 26.4. The number of nitrogens with zero attached hydrogens (tertiary/aromatic N) is 2. The van der Waals surface area contributed by atoms with Crippen molar-refractivity contribution in [3.63, 3.8) is 0 Å². The smallest absolute Gasteiger partial charge is 0.253 e. The Kier molecular flexibility index (Phi) is 9.54. The molecule has 6 heteroatoms. The van der Waals surface area contributed by atoms with Gasteiger partial charge in [-0.1, -0.05) is 43.5 Å². The second kappa shape index (κ2) is 13.0. The van der Waals surface area contributed by atoms with Crippen molar-refractivity contribution in [2.75, 3.05) is 44.6 Å². The molecule has 1 aliphatic carbocycles. The summed E-state index contributed by atoms with van der Waals surface area (Å²) in [5.74, 6) is 0.720. The standard InChI is InChI=1S/C30H42N4O2/c1-3-33(4-2)30(36)25-15-13-24(14-16-25)29(34-19-17-31-18-20-34)26-11-8-12-27(22-26)32-28(35)21-23-9-6-5-7-10-23/h8,11-16,22-23,29,31H,3-7,9-10,17-21H2,1-2H3,(H,32,35)/t29-/m1/s1. The molecule has 2 aromatic carbocycles. The summed E-state index contributed by atoms with van der Waals surface area (Å²) in [7, 11) is 0. The van der Waals surface area contributed by atoms with Gasteiger partial charge in [0.1, 0.15) is 0 Å². The highest BCUT2D eigenvalue weighted by molar-refractivity contribution is 5.94. The Morgan fingerprint density at radius 2 is 1.67 bits per heavy atom. The predicted octanol–water partition coefficient (Wildman–Crippen LogP) is 5.07. The van der Waals surface area contributed by atoms with Crippen molar-refractivity contribution in [3.8, 4) is 0 Å². The van der Waals surface area contributed by atoms with Crippen LogP contribution in [-0.2, 0) is 4.79 Å². The molecule has 4 rings (SSSR count). The molecule has 0 aromatic heterocycles. The highest BCUT2D eigenvalue weighted by atomic mass is 16.2. The summed E-state index contributed by atoms with van der Waals surface area (Å²) in [6.45, 7) is 9.24. The number of rotatable bonds is 9. The van der Waals surface area contributed by atoms with E-state index < -0.39 is 0 Å². The molecular formula is C30H42N4O2. The SMILES string of the molecule is CCN(CC)C(=O)c1ccc([C@H](c2cccc(NC(=O)CC3CCCCC3)c2)N2CCNCC2)cc1. The third kappa shape index (κ3) is 6.74. The van der Waals surface area contributed by atoms with Crippen LogP contribution in [0.15, 0.2) is 48.5 Å². The van der Waals surface area contributed by atoms with Crippen LogP contribution >= 0.6 is 0 Å². The second-order valence-corrected chi connectivity index (χ2v) is 10.2. The Hall–Kier alpha value is -2.70. The lowest BCUT2D eigenvalue weighted by molar-refractivity contribution is -0.117. The van der Waals surface area contributed by atoms with Gasteiger partial charge in [0.2, 0.25) is 5.91 Å². The molecule has 1 saturated heterocycles. The molecule has 2 N–H and O–H groups in total. The Morgan fingerprint density at radius 1 is 0.972 bits per heavy atom. The number of piperazine rings is 1. The summed E-state index contributed by atoms with van der Waals surface area (Å²) in [6, 6.07) is 16.5. The average molecular weight is 491 g/mol. The van der Waals surface area contributed by atoms with E-state index in [1.807, 2.05) is 43.0 Å². The van der Waals surface area contributed by atoms with Crippen molar-refractivity contribution in [2.45, 2.75) is 58.4 Å². The zero-order valence-electron chi connectivity index (χ0n) is 22.0. The van der Waals surface area contributed by atoms with Gasteiger partial charge in [0.25, 0.3) is 5.91 Å². The molecular weight excluding hydrogens is 448 g/mol. The maximum atomic E-state index is 12.8. The summed E-state index contributed by atoms with van der Waals surface area (Å²) < 4.78 is 0. The molecule has 6 nitrogen and oxygen atoms in total. The van der Waals surface area contributed by atoms with Gasteiger partial charge in [0.15, 0.2) is 0 Å². The fourth-order valence-electron chi connectivity index (χ4n) is 5.71. The normalized spacial score (nSPS) is 17.9. The zero-order valence-corrected chi connectivity index (χ0v) is 22.0. The number of nitrogens with one attached hydrogen (secondary N) is 2. The molecule has 0 unspecified atom stereocenters. The number of hydrogen-bond donors (Lipinski definition) is 2. The monoisotopic (exact) mass is 490 g/mol. The summed E-state index contributed by atoms with van der Waals surface area (Å²) in [6.07, 6.45) is 6.76. The number of hydrogen-bond acceptors (Lipinski definition) is 4. The molecule has 1 atom stereocenters. The van der Waals surface area contributed by atoms with Gasteiger partial charge in [0, 0.05) is 56.9 Å². The van der Waals surface area contributed by atoms with Crippen LogP contribution in [0.5, 0.6) is 0 Å². The first-order chi connectivity index (χ1) is 17.6. The van der Waals surface area contributed by atoms with Gasteiger partial charge in [-0.05, 0) is 68.0 Å². The number of carbonyl (C=O) groups excluding carboxylic acids is 2. The minimum absolute atomic E-state index is 0.0694. The number of carbonyl (C=O) groups is 2. The van der Waals surface area contributed by atoms with Crippen LogP contribution in [0.2, 0.25) is 0 Å². The lowest BCUT2D eigenvalue weighted by atomic mass is 9.87. The molecule has 2 aliphatic rings. The van der Waals surface area contributed by atoms with Gasteiger partial charge in [-0.25, -0.2) is 0 Å². The zero-order chi connectivity index (χ0) is 25.3. The van der Waals surface area contributed by atoms with Gasteiger partial charge >= 0.3 is 0 Å². The Balaban J connectivity index is 1.54. The lowest BCUT2D eigenvalue weighted by Gasteiger charge is -2.36. The summed E-state index contributed by atoms with van der Waals surface area (Å²) in [5.41, 5.74) is 3.92. The molecule has 194 valence electrons. The minimum atomic E-state index is 0.0694. The maximum Gasteiger partial charge on any atom is 0.253 e. The fourth-order valence-corrected chi connectivity index (χ4v) is 5.71. The van der Waals surface area contributed by atoms with E-state index in [4.69, 9.17) is 0 Å². The molecule has 2 aromatic rings. The first-order valence-electron chi connectivity index (χ1n) is 13.8. The van der Waals surface area contributed by atoms with Crippen LogP contribution in [0.3, 0.4) is 0 Å². The lowest BCUT2D eigenvalue weighted by Crippen LogP contribution is -2.45. The highest BCUT2D eigenvalue weighted by Crippen LogP contribution is 2.31. The van der Waals surface area contributed by atoms with Gasteiger partial charge in [0.05, 0.1) is 6.04 Å². The molecule has 36 heavy (non-hydrogen) atoms. The van der Waals surface area contributed by atoms with Crippen molar-refractivity contribution in [1.29, 1.82) is 0 Å². The Labute approximate surface area is 216 Å². The van der Waals surface area contributed by atoms with Crippen molar-refractivity contribution >= 4 is 17.5 Å². The van der Waals surface area contributed by atoms with E-state index in [1.165, 1.54) is 37.7 Å². The second-order valence-electron chi connectivity index (χ2n) is 10.2. The van der Waals surface area contributed by atoms with E-state index in [0.717, 1.165) is 43.0 Å². The van der Waals surface area contributed by atoms with E-state index in [0.29, 0.717) is 25.4 Å². The summed E-state index contributed by atoms with van der Waals surface area (Å²) >= 11 is 0. The molecule has 1 saturated carbocycles. The van der Waals surface area contributed by atoms with Crippen molar-refractivity contribution in [1.82, 2.24) is 15.1 Å². The minimum Gasteiger partial charge on any atom is -0.339 e. The summed E-state index contributed by atoms with van der Waals surface area (Å²) in [5, 5.41) is 6.62. The molecule has 0 spiro atoms. The van der Waals surface area contributed by atoms with Crippen LogP contribution in [0.4, 0.5) is 5.69 Å². The summed E-state index contributed by atoms with van der Waals surface area (Å²) in [4.78, 5) is 29.9. The van der Waals surface area contributed by atoms with Crippen molar-refractivity contribution in [2.24, 2.45) is 5.92 Å². The Morgan fingerprint density at radius 3 is 2.33 bits per heavy atom. The van der Waals surface area contributed by atoms with Crippen molar-refractivity contribution in [3.05, 3.63) is 65.2 Å². The van der Waals surface area contributed by atoms with Crippen LogP contribution < -0.4 is 10.6 Å². The molecule has 1 aliphatic heterocycles. The first-order valence-corrected chi connectivity index (χ1v) is 13.8. The molecule has 0 radical (unpaired) electrons. The van der Waals surface area contributed by atoms with Crippen LogP contribution in [0, 0.1) is 5.92 Å². The predicted molar refractivity (Wildman–Crippen MR) is 146 cm³/mol. The average Bonchev–Trinajstić information content (AvgIpc) is 2.91. The maximum absolute atomic E-state index is 12.8. The van der Waals surface area contributed by atoms with E-state index in [-0.39, 0.29) is 17.9 Å². The van der Waals surface area contributed by atoms with Gasteiger partial charge < -0.3 is 15.5 Å². The molecule has 0 bridgehead atoms. The van der Waals surface area contributed by atoms with E-state index in [2.05, 4.69) is 39.8 Å². The number of benzene rings is 2. The number of amides is 2. The van der Waals surface area contributed by atoms with Crippen LogP contribution in [0.25, 0.3) is 0 Å². The van der Waals surface area contributed by atoms with Gasteiger partial charge in [-0.2, -0.15) is 0 Å². The van der Waals surface area contributed by atoms with E-state index in [9.17, 15) is 9.59 Å². The molecule has 1 heterocycles. The quantitative estimate of drug-likeness (QED) is 0.515. The van der Waals surface area contributed by atoms with E-state index >= 15 is 0 Å². The van der Waals surface area contributed by atoms with Gasteiger partial charge in [-0.3, -0.25) is 14.5 Å². The van der Waals surface area contributed by atoms with Gasteiger partial charge in [-0.15, -0.1) is 0 Å². The highest BCUT2D eigenvalue weighted by Gasteiger charge is 2.25. The van der Waals surface area contributed by atoms with E-state index in [1.54, 1.807) is 0 Å². The molecule has 2 amide bonds.